The molecule has 0 saturated carbocycles. The lowest BCUT2D eigenvalue weighted by atomic mass is 10.1. The Labute approximate surface area is 174 Å². The third-order valence-corrected chi connectivity index (χ3v) is 4.27. The van der Waals surface area contributed by atoms with Gasteiger partial charge in [-0.1, -0.05) is 41.4 Å². The highest BCUT2D eigenvalue weighted by Gasteiger charge is 2.11. The van der Waals surface area contributed by atoms with E-state index in [9.17, 15) is 14.4 Å². The predicted octanol–water partition coefficient (Wildman–Crippen LogP) is 3.58. The SMILES string of the molecule is Cc1cc(C)c(NC(=O)CNC(=O)COC(=O)/C=C/c2ccc(Cl)cc2)c(C)c1. The van der Waals surface area contributed by atoms with Gasteiger partial charge in [0.15, 0.2) is 6.61 Å². The van der Waals surface area contributed by atoms with Gasteiger partial charge in [-0.15, -0.1) is 0 Å². The highest BCUT2D eigenvalue weighted by molar-refractivity contribution is 6.30. The number of rotatable bonds is 7. The second-order valence-corrected chi connectivity index (χ2v) is 7.03. The summed E-state index contributed by atoms with van der Waals surface area (Å²) in [4.78, 5) is 35.5. The van der Waals surface area contributed by atoms with Crippen LogP contribution in [0.15, 0.2) is 42.5 Å². The Hall–Kier alpha value is -3.12. The number of esters is 1. The van der Waals surface area contributed by atoms with Crippen LogP contribution in [0, 0.1) is 20.8 Å². The molecule has 2 aromatic carbocycles. The number of carbonyl (C=O) groups excluding carboxylic acids is 3. The molecule has 0 radical (unpaired) electrons. The average molecular weight is 415 g/mol. The van der Waals surface area contributed by atoms with E-state index in [1.807, 2.05) is 32.9 Å². The highest BCUT2D eigenvalue weighted by atomic mass is 35.5. The molecule has 2 aromatic rings. The predicted molar refractivity (Wildman–Crippen MR) is 114 cm³/mol. The van der Waals surface area contributed by atoms with Gasteiger partial charge in [0.1, 0.15) is 0 Å². The van der Waals surface area contributed by atoms with Gasteiger partial charge >= 0.3 is 5.97 Å². The van der Waals surface area contributed by atoms with Crippen molar-refractivity contribution < 1.29 is 19.1 Å². The third kappa shape index (κ3) is 7.43. The minimum atomic E-state index is -0.662. The Bertz CT molecular complexity index is 913. The lowest BCUT2D eigenvalue weighted by molar-refractivity contribution is -0.143. The number of carbonyl (C=O) groups is 3. The lowest BCUT2D eigenvalue weighted by Gasteiger charge is -2.13. The van der Waals surface area contributed by atoms with E-state index < -0.39 is 18.5 Å². The first-order valence-electron chi connectivity index (χ1n) is 8.99. The van der Waals surface area contributed by atoms with Crippen LogP contribution in [0.25, 0.3) is 6.08 Å². The van der Waals surface area contributed by atoms with Gasteiger partial charge in [0.05, 0.1) is 6.54 Å². The molecular formula is C22H23ClN2O4. The molecule has 2 amide bonds. The molecule has 0 atom stereocenters. The highest BCUT2D eigenvalue weighted by Crippen LogP contribution is 2.21. The standard InChI is InChI=1S/C22H23ClN2O4/c1-14-10-15(2)22(16(3)11-14)25-19(26)12-24-20(27)13-29-21(28)9-6-17-4-7-18(23)8-5-17/h4-11H,12-13H2,1-3H3,(H,24,27)(H,25,26)/b9-6+. The van der Waals surface area contributed by atoms with Gasteiger partial charge in [0.2, 0.25) is 5.91 Å². The zero-order valence-corrected chi connectivity index (χ0v) is 17.3. The Morgan fingerprint density at radius 1 is 1.00 bits per heavy atom. The molecule has 152 valence electrons. The van der Waals surface area contributed by atoms with Gasteiger partial charge in [-0.2, -0.15) is 0 Å². The molecule has 0 aliphatic carbocycles. The summed E-state index contributed by atoms with van der Waals surface area (Å²) in [5.74, 6) is -1.58. The van der Waals surface area contributed by atoms with Crippen LogP contribution in [-0.4, -0.2) is 30.9 Å². The number of hydrogen-bond acceptors (Lipinski definition) is 4. The summed E-state index contributed by atoms with van der Waals surface area (Å²) >= 11 is 5.79. The second-order valence-electron chi connectivity index (χ2n) is 6.59. The van der Waals surface area contributed by atoms with E-state index in [0.29, 0.717) is 5.02 Å². The summed E-state index contributed by atoms with van der Waals surface area (Å²) in [6, 6.07) is 10.8. The molecule has 0 fully saturated rings. The van der Waals surface area contributed by atoms with Crippen molar-refractivity contribution in [2.45, 2.75) is 20.8 Å². The van der Waals surface area contributed by atoms with Gasteiger partial charge in [0.25, 0.3) is 5.91 Å². The molecule has 29 heavy (non-hydrogen) atoms. The summed E-state index contributed by atoms with van der Waals surface area (Å²) in [7, 11) is 0. The first kappa shape index (κ1) is 22.2. The number of aryl methyl sites for hydroxylation is 3. The van der Waals surface area contributed by atoms with Crippen LogP contribution in [0.5, 0.6) is 0 Å². The van der Waals surface area contributed by atoms with Gasteiger partial charge in [-0.25, -0.2) is 4.79 Å². The maximum Gasteiger partial charge on any atom is 0.331 e. The number of nitrogens with one attached hydrogen (secondary N) is 2. The smallest absolute Gasteiger partial charge is 0.331 e. The Kier molecular flexibility index (Phi) is 7.98. The van der Waals surface area contributed by atoms with Crippen LogP contribution in [0.4, 0.5) is 5.69 Å². The lowest BCUT2D eigenvalue weighted by Crippen LogP contribution is -2.35. The Morgan fingerprint density at radius 2 is 1.62 bits per heavy atom. The fraction of sp³-hybridized carbons (Fsp3) is 0.227. The van der Waals surface area contributed by atoms with Crippen LogP contribution in [0.1, 0.15) is 22.3 Å². The van der Waals surface area contributed by atoms with Crippen LogP contribution in [0.3, 0.4) is 0 Å². The van der Waals surface area contributed by atoms with Crippen LogP contribution in [0.2, 0.25) is 5.02 Å². The molecule has 7 heteroatoms. The van der Waals surface area contributed by atoms with E-state index >= 15 is 0 Å². The quantitative estimate of drug-likeness (QED) is 0.535. The molecule has 2 N–H and O–H groups in total. The third-order valence-electron chi connectivity index (χ3n) is 4.01. The summed E-state index contributed by atoms with van der Waals surface area (Å²) in [5, 5.41) is 5.80. The van der Waals surface area contributed by atoms with Crippen molar-refractivity contribution in [2.75, 3.05) is 18.5 Å². The summed E-state index contributed by atoms with van der Waals surface area (Å²) < 4.78 is 4.86. The van der Waals surface area contributed by atoms with Crippen LogP contribution >= 0.6 is 11.6 Å². The monoisotopic (exact) mass is 414 g/mol. The Balaban J connectivity index is 1.74. The van der Waals surface area contributed by atoms with E-state index in [4.69, 9.17) is 16.3 Å². The number of ether oxygens (including phenoxy) is 1. The summed E-state index contributed by atoms with van der Waals surface area (Å²) in [6.07, 6.45) is 2.77. The van der Waals surface area contributed by atoms with Crippen LogP contribution < -0.4 is 10.6 Å². The molecule has 0 bridgehead atoms. The van der Waals surface area contributed by atoms with Crippen molar-refractivity contribution in [1.29, 1.82) is 0 Å². The van der Waals surface area contributed by atoms with Crippen molar-refractivity contribution in [2.24, 2.45) is 0 Å². The second kappa shape index (κ2) is 10.4. The maximum absolute atomic E-state index is 12.1. The first-order valence-corrected chi connectivity index (χ1v) is 9.37. The zero-order chi connectivity index (χ0) is 21.4. The van der Waals surface area contributed by atoms with Crippen molar-refractivity contribution in [1.82, 2.24) is 5.32 Å². The molecule has 0 unspecified atom stereocenters. The Morgan fingerprint density at radius 3 is 2.24 bits per heavy atom. The van der Waals surface area contributed by atoms with Gasteiger partial charge in [-0.3, -0.25) is 9.59 Å². The average Bonchev–Trinajstić information content (AvgIpc) is 2.67. The minimum Gasteiger partial charge on any atom is -0.452 e. The van der Waals surface area contributed by atoms with Gasteiger partial charge in [0, 0.05) is 16.8 Å². The molecule has 6 nitrogen and oxygen atoms in total. The molecule has 0 heterocycles. The zero-order valence-electron chi connectivity index (χ0n) is 16.5. The number of halogens is 1. The summed E-state index contributed by atoms with van der Waals surface area (Å²) in [6.45, 7) is 5.11. The normalized spacial score (nSPS) is 10.6. The molecule has 0 aliphatic rings. The maximum atomic E-state index is 12.1. The van der Waals surface area contributed by atoms with Crippen molar-refractivity contribution in [3.63, 3.8) is 0 Å². The van der Waals surface area contributed by atoms with E-state index in [2.05, 4.69) is 10.6 Å². The van der Waals surface area contributed by atoms with Gasteiger partial charge < -0.3 is 15.4 Å². The van der Waals surface area contributed by atoms with E-state index in [0.717, 1.165) is 27.9 Å². The van der Waals surface area contributed by atoms with E-state index in [1.54, 1.807) is 30.3 Å². The molecule has 0 aliphatic heterocycles. The first-order chi connectivity index (χ1) is 13.7. The molecule has 0 spiro atoms. The fourth-order valence-electron chi connectivity index (χ4n) is 2.71. The minimum absolute atomic E-state index is 0.218. The molecule has 0 saturated heterocycles. The largest absolute Gasteiger partial charge is 0.452 e. The number of amides is 2. The van der Waals surface area contributed by atoms with E-state index in [-0.39, 0.29) is 12.5 Å². The van der Waals surface area contributed by atoms with Crippen LogP contribution in [-0.2, 0) is 19.1 Å². The molecular weight excluding hydrogens is 392 g/mol. The summed E-state index contributed by atoms with van der Waals surface area (Å²) in [5.41, 5.74) is 4.51. The molecule has 2 rings (SSSR count). The molecule has 0 aromatic heterocycles. The van der Waals surface area contributed by atoms with Crippen molar-refractivity contribution in [3.05, 3.63) is 69.8 Å². The topological polar surface area (TPSA) is 84.5 Å². The fourth-order valence-corrected chi connectivity index (χ4v) is 2.84. The van der Waals surface area contributed by atoms with E-state index in [1.165, 1.54) is 6.08 Å². The van der Waals surface area contributed by atoms with Crippen molar-refractivity contribution in [3.8, 4) is 0 Å². The van der Waals surface area contributed by atoms with Gasteiger partial charge in [-0.05, 0) is 55.7 Å². The number of hydrogen-bond donors (Lipinski definition) is 2. The van der Waals surface area contributed by atoms with Crippen molar-refractivity contribution >= 4 is 41.1 Å². The number of anilines is 1. The number of benzene rings is 2.